The summed E-state index contributed by atoms with van der Waals surface area (Å²) in [4.78, 5) is 13.0. The monoisotopic (exact) mass is 311 g/mol. The molecule has 1 fully saturated rings. The molecule has 0 saturated carbocycles. The van der Waals surface area contributed by atoms with Crippen LogP contribution in [0.25, 0.3) is 0 Å². The molecular weight excluding hydrogens is 294 g/mol. The van der Waals surface area contributed by atoms with Crippen LogP contribution in [0.5, 0.6) is 11.5 Å². The fourth-order valence-corrected chi connectivity index (χ4v) is 3.27. The van der Waals surface area contributed by atoms with Crippen molar-refractivity contribution in [3.63, 3.8) is 0 Å². The average Bonchev–Trinajstić information content (AvgIpc) is 2.85. The Hall–Kier alpha value is -1.46. The summed E-state index contributed by atoms with van der Waals surface area (Å²) < 4.78 is 11.1. The molecule has 0 spiro atoms. The molecule has 0 radical (unpaired) electrons. The molecule has 5 nitrogen and oxygen atoms in total. The molecule has 6 heteroatoms. The zero-order valence-corrected chi connectivity index (χ0v) is 12.4. The highest BCUT2D eigenvalue weighted by atomic mass is 35.5. The van der Waals surface area contributed by atoms with Crippen molar-refractivity contribution >= 4 is 17.6 Å². The second-order valence-corrected chi connectivity index (χ2v) is 6.00. The Balaban J connectivity index is 1.66. The van der Waals surface area contributed by atoms with Crippen molar-refractivity contribution in [2.24, 2.45) is 5.92 Å². The average molecular weight is 312 g/mol. The van der Waals surface area contributed by atoms with Crippen molar-refractivity contribution in [3.05, 3.63) is 22.7 Å². The second-order valence-electron chi connectivity index (χ2n) is 5.59. The minimum atomic E-state index is -0.718. The van der Waals surface area contributed by atoms with Gasteiger partial charge < -0.3 is 14.6 Å². The van der Waals surface area contributed by atoms with Crippen LogP contribution in [0.4, 0.5) is 0 Å². The number of halogens is 1. The van der Waals surface area contributed by atoms with E-state index in [9.17, 15) is 4.79 Å². The summed E-state index contributed by atoms with van der Waals surface area (Å²) >= 11 is 6.23. The minimum Gasteiger partial charge on any atom is -0.486 e. The molecule has 1 saturated heterocycles. The summed E-state index contributed by atoms with van der Waals surface area (Å²) in [5.41, 5.74) is 1.07. The van der Waals surface area contributed by atoms with E-state index in [1.165, 1.54) is 0 Å². The molecule has 21 heavy (non-hydrogen) atoms. The van der Waals surface area contributed by atoms with E-state index in [1.54, 1.807) is 0 Å². The number of aliphatic carboxylic acids is 1. The molecule has 2 aliphatic heterocycles. The maximum Gasteiger partial charge on any atom is 0.303 e. The van der Waals surface area contributed by atoms with Gasteiger partial charge in [0.2, 0.25) is 0 Å². The highest BCUT2D eigenvalue weighted by molar-refractivity contribution is 6.32. The molecule has 114 valence electrons. The van der Waals surface area contributed by atoms with E-state index >= 15 is 0 Å². The first-order valence-electron chi connectivity index (χ1n) is 7.14. The highest BCUT2D eigenvalue weighted by Crippen LogP contribution is 2.38. The van der Waals surface area contributed by atoms with Gasteiger partial charge in [-0.3, -0.25) is 9.69 Å². The van der Waals surface area contributed by atoms with Gasteiger partial charge in [-0.05, 0) is 36.6 Å². The van der Waals surface area contributed by atoms with Gasteiger partial charge in [-0.15, -0.1) is 0 Å². The number of hydrogen-bond acceptors (Lipinski definition) is 4. The number of carboxylic acids is 1. The molecule has 1 aromatic rings. The van der Waals surface area contributed by atoms with Gasteiger partial charge in [-0.25, -0.2) is 0 Å². The van der Waals surface area contributed by atoms with Crippen molar-refractivity contribution in [3.8, 4) is 11.5 Å². The van der Waals surface area contributed by atoms with E-state index in [0.717, 1.165) is 31.6 Å². The normalized spacial score (nSPS) is 21.5. The number of nitrogens with zero attached hydrogens (tertiary/aromatic N) is 1. The SMILES string of the molecule is O=C(O)CC1CCN(Cc2cc(Cl)c3c(c2)OCCO3)C1. The van der Waals surface area contributed by atoms with Crippen molar-refractivity contribution in [2.75, 3.05) is 26.3 Å². The number of fused-ring (bicyclic) bond motifs is 1. The fourth-order valence-electron chi connectivity index (χ4n) is 2.98. The van der Waals surface area contributed by atoms with Crippen LogP contribution in [-0.4, -0.2) is 42.3 Å². The summed E-state index contributed by atoms with van der Waals surface area (Å²) in [5, 5.41) is 9.42. The van der Waals surface area contributed by atoms with E-state index in [-0.39, 0.29) is 12.3 Å². The maximum absolute atomic E-state index is 10.8. The summed E-state index contributed by atoms with van der Waals surface area (Å²) in [6.07, 6.45) is 1.18. The number of benzene rings is 1. The summed E-state index contributed by atoms with van der Waals surface area (Å²) in [7, 11) is 0. The predicted octanol–water partition coefficient (Wildman–Crippen LogP) is 2.41. The number of rotatable bonds is 4. The van der Waals surface area contributed by atoms with E-state index in [2.05, 4.69) is 4.90 Å². The number of likely N-dealkylation sites (tertiary alicyclic amines) is 1. The van der Waals surface area contributed by atoms with Crippen molar-refractivity contribution in [2.45, 2.75) is 19.4 Å². The maximum atomic E-state index is 10.8. The fraction of sp³-hybridized carbons (Fsp3) is 0.533. The van der Waals surface area contributed by atoms with Gasteiger partial charge in [0.25, 0.3) is 0 Å². The van der Waals surface area contributed by atoms with E-state index in [1.807, 2.05) is 12.1 Å². The van der Waals surface area contributed by atoms with E-state index in [4.69, 9.17) is 26.2 Å². The first-order chi connectivity index (χ1) is 10.1. The molecule has 0 amide bonds. The van der Waals surface area contributed by atoms with Gasteiger partial charge >= 0.3 is 5.97 Å². The molecule has 3 rings (SSSR count). The van der Waals surface area contributed by atoms with Crippen molar-refractivity contribution in [1.82, 2.24) is 4.90 Å². The topological polar surface area (TPSA) is 59.0 Å². The molecule has 1 unspecified atom stereocenters. The van der Waals surface area contributed by atoms with Gasteiger partial charge in [0.15, 0.2) is 11.5 Å². The van der Waals surface area contributed by atoms with Gasteiger partial charge in [0.05, 0.1) is 5.02 Å². The molecule has 0 aliphatic carbocycles. The Morgan fingerprint density at radius 1 is 1.38 bits per heavy atom. The number of hydrogen-bond donors (Lipinski definition) is 1. The van der Waals surface area contributed by atoms with E-state index < -0.39 is 5.97 Å². The standard InChI is InChI=1S/C15H18ClNO4/c16-12-5-11(6-13-15(12)21-4-3-20-13)9-17-2-1-10(8-17)7-14(18)19/h5-6,10H,1-4,7-9H2,(H,18,19). The molecule has 2 aliphatic rings. The molecule has 1 aromatic carbocycles. The van der Waals surface area contributed by atoms with Crippen LogP contribution < -0.4 is 9.47 Å². The Labute approximate surface area is 128 Å². The molecule has 2 heterocycles. The number of carbonyl (C=O) groups is 1. The second kappa shape index (κ2) is 6.12. The van der Waals surface area contributed by atoms with Crippen molar-refractivity contribution < 1.29 is 19.4 Å². The van der Waals surface area contributed by atoms with E-state index in [0.29, 0.717) is 29.7 Å². The summed E-state index contributed by atoms with van der Waals surface area (Å²) in [6, 6.07) is 3.87. The predicted molar refractivity (Wildman–Crippen MR) is 78.1 cm³/mol. The van der Waals surface area contributed by atoms with Gasteiger partial charge in [0.1, 0.15) is 13.2 Å². The Bertz CT molecular complexity index is 549. The Kier molecular flexibility index (Phi) is 4.22. The third-order valence-corrected chi connectivity index (χ3v) is 4.18. The highest BCUT2D eigenvalue weighted by Gasteiger charge is 2.25. The zero-order chi connectivity index (χ0) is 14.8. The lowest BCUT2D eigenvalue weighted by Crippen LogP contribution is -2.21. The third kappa shape index (κ3) is 3.41. The molecule has 1 N–H and O–H groups in total. The summed E-state index contributed by atoms with van der Waals surface area (Å²) in [5.74, 6) is 0.848. The molecule has 0 bridgehead atoms. The van der Waals surface area contributed by atoms with Crippen LogP contribution in [0.1, 0.15) is 18.4 Å². The van der Waals surface area contributed by atoms with Crippen molar-refractivity contribution in [1.29, 1.82) is 0 Å². The lowest BCUT2D eigenvalue weighted by molar-refractivity contribution is -0.138. The largest absolute Gasteiger partial charge is 0.486 e. The minimum absolute atomic E-state index is 0.246. The lowest BCUT2D eigenvalue weighted by Gasteiger charge is -2.22. The van der Waals surface area contributed by atoms with Gasteiger partial charge in [-0.1, -0.05) is 11.6 Å². The quantitative estimate of drug-likeness (QED) is 0.925. The van der Waals surface area contributed by atoms with Gasteiger partial charge in [0, 0.05) is 19.5 Å². The first-order valence-corrected chi connectivity index (χ1v) is 7.52. The third-order valence-electron chi connectivity index (χ3n) is 3.90. The van der Waals surface area contributed by atoms with Crippen LogP contribution in [0, 0.1) is 5.92 Å². The Morgan fingerprint density at radius 2 is 2.19 bits per heavy atom. The van der Waals surface area contributed by atoms with Crippen LogP contribution in [0.2, 0.25) is 5.02 Å². The number of ether oxygens (including phenoxy) is 2. The Morgan fingerprint density at radius 3 is 3.00 bits per heavy atom. The van der Waals surface area contributed by atoms with Gasteiger partial charge in [-0.2, -0.15) is 0 Å². The summed E-state index contributed by atoms with van der Waals surface area (Å²) in [6.45, 7) is 3.56. The van der Waals surface area contributed by atoms with Crippen LogP contribution in [-0.2, 0) is 11.3 Å². The molecule has 1 atom stereocenters. The molecule has 0 aromatic heterocycles. The smallest absolute Gasteiger partial charge is 0.303 e. The first kappa shape index (κ1) is 14.5. The van der Waals surface area contributed by atoms with Crippen LogP contribution in [0.3, 0.4) is 0 Å². The van der Waals surface area contributed by atoms with Crippen LogP contribution in [0.15, 0.2) is 12.1 Å². The lowest BCUT2D eigenvalue weighted by atomic mass is 10.1. The number of carboxylic acid groups (broad SMARTS) is 1. The molecular formula is C15H18ClNO4. The zero-order valence-electron chi connectivity index (χ0n) is 11.7. The van der Waals surface area contributed by atoms with Crippen LogP contribution >= 0.6 is 11.6 Å².